The second-order valence-corrected chi connectivity index (χ2v) is 11.6. The highest BCUT2D eigenvalue weighted by molar-refractivity contribution is 7.07. The third-order valence-electron chi connectivity index (χ3n) is 7.14. The minimum Gasteiger partial charge on any atom is -0.490 e. The predicted octanol–water partition coefficient (Wildman–Crippen LogP) is 5.65. The fourth-order valence-electron chi connectivity index (χ4n) is 5.00. The number of hydrogen-bond donors (Lipinski definition) is 0. The summed E-state index contributed by atoms with van der Waals surface area (Å²) < 4.78 is 18.9. The lowest BCUT2D eigenvalue weighted by Crippen LogP contribution is -2.40. The van der Waals surface area contributed by atoms with Gasteiger partial charge in [0.1, 0.15) is 6.61 Å². The summed E-state index contributed by atoms with van der Waals surface area (Å²) in [5, 5.41) is 12.4. The SMILES string of the molecule is CCOC(=O)C1=C(C)N=c2s/c(=C/c3ccc(OCc4ccc(Cl)cc4)c(OCC)c3)c(=O)n2[C@@H]1c1ccc(C)c([N+](=O)[O-])c1. The van der Waals surface area contributed by atoms with E-state index in [1.54, 1.807) is 63.2 Å². The van der Waals surface area contributed by atoms with Gasteiger partial charge in [-0.2, -0.15) is 0 Å². The minimum absolute atomic E-state index is 0.113. The summed E-state index contributed by atoms with van der Waals surface area (Å²) in [5.74, 6) is 0.413. The Morgan fingerprint density at radius 2 is 1.80 bits per heavy atom. The molecule has 1 atom stereocenters. The summed E-state index contributed by atoms with van der Waals surface area (Å²) >= 11 is 7.14. The number of benzene rings is 3. The molecule has 45 heavy (non-hydrogen) atoms. The Balaban J connectivity index is 1.58. The highest BCUT2D eigenvalue weighted by Gasteiger charge is 2.34. The molecule has 0 aliphatic carbocycles. The first-order chi connectivity index (χ1) is 21.6. The lowest BCUT2D eigenvalue weighted by molar-refractivity contribution is -0.385. The van der Waals surface area contributed by atoms with Crippen LogP contribution in [0.3, 0.4) is 0 Å². The molecule has 12 heteroatoms. The molecule has 0 saturated carbocycles. The Morgan fingerprint density at radius 3 is 2.49 bits per heavy atom. The minimum atomic E-state index is -0.968. The fourth-order valence-corrected chi connectivity index (χ4v) is 6.17. The molecule has 0 saturated heterocycles. The van der Waals surface area contributed by atoms with Crippen molar-refractivity contribution in [2.24, 2.45) is 4.99 Å². The largest absolute Gasteiger partial charge is 0.490 e. The fraction of sp³-hybridized carbons (Fsp3) is 0.242. The number of esters is 1. The zero-order valence-corrected chi connectivity index (χ0v) is 26.6. The van der Waals surface area contributed by atoms with E-state index in [0.717, 1.165) is 16.9 Å². The van der Waals surface area contributed by atoms with Crippen molar-refractivity contribution in [3.05, 3.63) is 129 Å². The molecule has 1 aliphatic rings. The van der Waals surface area contributed by atoms with Crippen LogP contribution in [-0.4, -0.2) is 28.7 Å². The molecule has 0 bridgehead atoms. The van der Waals surface area contributed by atoms with Crippen LogP contribution in [-0.2, 0) is 16.1 Å². The molecule has 4 aromatic rings. The molecule has 2 heterocycles. The van der Waals surface area contributed by atoms with Crippen LogP contribution in [0.25, 0.3) is 6.08 Å². The van der Waals surface area contributed by atoms with Gasteiger partial charge in [0.25, 0.3) is 11.2 Å². The van der Waals surface area contributed by atoms with Gasteiger partial charge < -0.3 is 14.2 Å². The number of aryl methyl sites for hydroxylation is 1. The third-order valence-corrected chi connectivity index (χ3v) is 8.37. The van der Waals surface area contributed by atoms with Gasteiger partial charge in [0.2, 0.25) is 0 Å². The smallest absolute Gasteiger partial charge is 0.338 e. The Hall–Kier alpha value is -4.74. The molecule has 10 nitrogen and oxygen atoms in total. The van der Waals surface area contributed by atoms with Crippen LogP contribution >= 0.6 is 22.9 Å². The third kappa shape index (κ3) is 6.69. The van der Waals surface area contributed by atoms with E-state index in [9.17, 15) is 19.7 Å². The molecular formula is C33H30ClN3O7S. The maximum atomic E-state index is 14.0. The van der Waals surface area contributed by atoms with Crippen molar-refractivity contribution in [3.8, 4) is 11.5 Å². The summed E-state index contributed by atoms with van der Waals surface area (Å²) in [4.78, 5) is 43.4. The maximum Gasteiger partial charge on any atom is 0.338 e. The molecule has 0 fully saturated rings. The quantitative estimate of drug-likeness (QED) is 0.124. The number of nitro benzene ring substituents is 1. The lowest BCUT2D eigenvalue weighted by atomic mass is 9.94. The highest BCUT2D eigenvalue weighted by atomic mass is 35.5. The van der Waals surface area contributed by atoms with E-state index >= 15 is 0 Å². The average Bonchev–Trinajstić information content (AvgIpc) is 3.31. The number of carbonyl (C=O) groups excluding carboxylic acids is 1. The normalized spacial score (nSPS) is 14.5. The summed E-state index contributed by atoms with van der Waals surface area (Å²) in [6.45, 7) is 7.67. The van der Waals surface area contributed by atoms with Gasteiger partial charge in [-0.25, -0.2) is 9.79 Å². The number of nitro groups is 1. The number of aromatic nitrogens is 1. The van der Waals surface area contributed by atoms with Crippen LogP contribution in [0, 0.1) is 17.0 Å². The van der Waals surface area contributed by atoms with Crippen LogP contribution in [0.4, 0.5) is 5.69 Å². The van der Waals surface area contributed by atoms with Gasteiger partial charge in [-0.05, 0) is 74.7 Å². The number of fused-ring (bicyclic) bond motifs is 1. The van der Waals surface area contributed by atoms with Crippen molar-refractivity contribution in [1.29, 1.82) is 0 Å². The first-order valence-corrected chi connectivity index (χ1v) is 15.4. The van der Waals surface area contributed by atoms with E-state index in [1.807, 2.05) is 25.1 Å². The van der Waals surface area contributed by atoms with Crippen LogP contribution in [0.15, 0.2) is 81.7 Å². The Labute approximate surface area is 267 Å². The van der Waals surface area contributed by atoms with Gasteiger partial charge in [0.05, 0.1) is 40.0 Å². The molecule has 0 unspecified atom stereocenters. The standard InChI is InChI=1S/C33H30ClN3O7S/c1-5-42-27-15-22(10-14-26(27)44-18-21-8-12-24(34)13-9-21)16-28-31(38)36-30(23-11-7-19(3)25(17-23)37(40)41)29(32(39)43-6-2)20(4)35-33(36)45-28/h7-17,30H,5-6,18H2,1-4H3/b28-16+/t30-/m1/s1. The van der Waals surface area contributed by atoms with Crippen LogP contribution < -0.4 is 24.4 Å². The second-order valence-electron chi connectivity index (χ2n) is 10.2. The van der Waals surface area contributed by atoms with Crippen LogP contribution in [0.1, 0.15) is 49.1 Å². The summed E-state index contributed by atoms with van der Waals surface area (Å²) in [6, 6.07) is 16.4. The molecule has 1 aliphatic heterocycles. The average molecular weight is 648 g/mol. The second kappa shape index (κ2) is 13.5. The van der Waals surface area contributed by atoms with E-state index in [4.69, 9.17) is 25.8 Å². The zero-order valence-electron chi connectivity index (χ0n) is 25.0. The molecule has 0 N–H and O–H groups in total. The number of thiazole rings is 1. The number of rotatable bonds is 10. The van der Waals surface area contributed by atoms with Crippen molar-refractivity contribution >= 4 is 40.7 Å². The molecule has 232 valence electrons. The Kier molecular flexibility index (Phi) is 9.50. The first kappa shape index (κ1) is 31.7. The number of hydrogen-bond acceptors (Lipinski definition) is 9. The van der Waals surface area contributed by atoms with E-state index in [1.165, 1.54) is 10.6 Å². The predicted molar refractivity (Wildman–Crippen MR) is 172 cm³/mol. The van der Waals surface area contributed by atoms with Gasteiger partial charge in [-0.1, -0.05) is 53.3 Å². The van der Waals surface area contributed by atoms with Crippen molar-refractivity contribution in [1.82, 2.24) is 4.57 Å². The Bertz CT molecular complexity index is 2000. The van der Waals surface area contributed by atoms with E-state index in [0.29, 0.717) is 61.5 Å². The molecule has 0 spiro atoms. The van der Waals surface area contributed by atoms with Crippen molar-refractivity contribution in [2.75, 3.05) is 13.2 Å². The molecule has 1 aromatic heterocycles. The van der Waals surface area contributed by atoms with Gasteiger partial charge in [0, 0.05) is 16.7 Å². The lowest BCUT2D eigenvalue weighted by Gasteiger charge is -2.24. The number of nitrogens with zero attached hydrogens (tertiary/aromatic N) is 3. The van der Waals surface area contributed by atoms with Crippen LogP contribution in [0.2, 0.25) is 5.02 Å². The summed E-state index contributed by atoms with van der Waals surface area (Å²) in [5.41, 5.74) is 2.49. The van der Waals surface area contributed by atoms with Gasteiger partial charge in [0.15, 0.2) is 16.3 Å². The zero-order chi connectivity index (χ0) is 32.2. The van der Waals surface area contributed by atoms with E-state index < -0.39 is 22.5 Å². The van der Waals surface area contributed by atoms with Gasteiger partial charge >= 0.3 is 5.97 Å². The number of allylic oxidation sites excluding steroid dienone is 1. The number of carbonyl (C=O) groups is 1. The van der Waals surface area contributed by atoms with Crippen molar-refractivity contribution < 1.29 is 23.9 Å². The topological polar surface area (TPSA) is 122 Å². The molecule has 3 aromatic carbocycles. The van der Waals surface area contributed by atoms with E-state index in [2.05, 4.69) is 4.99 Å². The Morgan fingerprint density at radius 1 is 1.04 bits per heavy atom. The molecule has 0 amide bonds. The van der Waals surface area contributed by atoms with Crippen molar-refractivity contribution in [3.63, 3.8) is 0 Å². The van der Waals surface area contributed by atoms with E-state index in [-0.39, 0.29) is 17.9 Å². The monoisotopic (exact) mass is 647 g/mol. The summed E-state index contributed by atoms with van der Waals surface area (Å²) in [6.07, 6.45) is 1.72. The maximum absolute atomic E-state index is 14.0. The van der Waals surface area contributed by atoms with Gasteiger partial charge in [-0.3, -0.25) is 19.5 Å². The number of ether oxygens (including phenoxy) is 3. The highest BCUT2D eigenvalue weighted by Crippen LogP contribution is 2.34. The van der Waals surface area contributed by atoms with Crippen LogP contribution in [0.5, 0.6) is 11.5 Å². The first-order valence-electron chi connectivity index (χ1n) is 14.2. The molecule has 0 radical (unpaired) electrons. The number of halogens is 1. The summed E-state index contributed by atoms with van der Waals surface area (Å²) in [7, 11) is 0. The molecule has 5 rings (SSSR count). The van der Waals surface area contributed by atoms with Crippen molar-refractivity contribution in [2.45, 2.75) is 40.3 Å². The molecular weight excluding hydrogens is 618 g/mol. The van der Waals surface area contributed by atoms with Gasteiger partial charge in [-0.15, -0.1) is 0 Å².